The Morgan fingerprint density at radius 1 is 1.26 bits per heavy atom. The molecule has 23 heavy (non-hydrogen) atoms. The summed E-state index contributed by atoms with van der Waals surface area (Å²) in [5, 5.41) is 16.3. The minimum atomic E-state index is -0.749. The van der Waals surface area contributed by atoms with Crippen LogP contribution in [-0.2, 0) is 0 Å². The summed E-state index contributed by atoms with van der Waals surface area (Å²) in [6, 6.07) is 3.19. The fraction of sp³-hybridized carbons (Fsp3) is 0.375. The zero-order valence-corrected chi connectivity index (χ0v) is 12.4. The Balaban J connectivity index is 1.70. The van der Waals surface area contributed by atoms with E-state index < -0.39 is 11.6 Å². The molecule has 0 saturated heterocycles. The van der Waals surface area contributed by atoms with Crippen molar-refractivity contribution in [3.05, 3.63) is 47.8 Å². The number of carbonyl (C=O) groups is 1. The number of nitrogens with zero attached hydrogens (tertiary/aromatic N) is 2. The van der Waals surface area contributed by atoms with E-state index in [1.54, 1.807) is 0 Å². The molecule has 7 heteroatoms. The molecule has 1 saturated carbocycles. The molecule has 1 aromatic heterocycles. The third-order valence-corrected chi connectivity index (χ3v) is 4.03. The summed E-state index contributed by atoms with van der Waals surface area (Å²) >= 11 is 0. The van der Waals surface area contributed by atoms with Crippen LogP contribution >= 0.6 is 0 Å². The molecule has 0 aliphatic heterocycles. The summed E-state index contributed by atoms with van der Waals surface area (Å²) in [5.74, 6) is -1.71. The van der Waals surface area contributed by atoms with Crippen molar-refractivity contribution in [2.75, 3.05) is 0 Å². The normalized spacial score (nSPS) is 21.2. The maximum Gasteiger partial charge on any atom is 0.254 e. The summed E-state index contributed by atoms with van der Waals surface area (Å²) in [7, 11) is 0. The van der Waals surface area contributed by atoms with Crippen LogP contribution < -0.4 is 5.32 Å². The molecule has 0 unspecified atom stereocenters. The van der Waals surface area contributed by atoms with Crippen molar-refractivity contribution in [3.8, 4) is 5.69 Å². The predicted octanol–water partition coefficient (Wildman–Crippen LogP) is 2.18. The second kappa shape index (κ2) is 6.45. The Morgan fingerprint density at radius 3 is 2.70 bits per heavy atom. The topological polar surface area (TPSA) is 67.2 Å². The molecule has 5 nitrogen and oxygen atoms in total. The molecule has 2 aromatic rings. The summed E-state index contributed by atoms with van der Waals surface area (Å²) < 4.78 is 27.9. The third kappa shape index (κ3) is 3.56. The monoisotopic (exact) mass is 321 g/mol. The van der Waals surface area contributed by atoms with E-state index in [1.807, 2.05) is 0 Å². The van der Waals surface area contributed by atoms with Crippen molar-refractivity contribution in [1.82, 2.24) is 15.1 Å². The molecule has 0 radical (unpaired) electrons. The van der Waals surface area contributed by atoms with Crippen LogP contribution in [0.3, 0.4) is 0 Å². The van der Waals surface area contributed by atoms with Crippen LogP contribution in [0.1, 0.15) is 36.0 Å². The van der Waals surface area contributed by atoms with Crippen molar-refractivity contribution >= 4 is 5.91 Å². The van der Waals surface area contributed by atoms with Gasteiger partial charge in [-0.2, -0.15) is 5.10 Å². The molecular weight excluding hydrogens is 304 g/mol. The van der Waals surface area contributed by atoms with Crippen LogP contribution in [-0.4, -0.2) is 32.9 Å². The van der Waals surface area contributed by atoms with Gasteiger partial charge in [-0.25, -0.2) is 13.5 Å². The van der Waals surface area contributed by atoms with Gasteiger partial charge in [-0.1, -0.05) is 0 Å². The summed E-state index contributed by atoms with van der Waals surface area (Å²) in [5.41, 5.74) is 0.381. The molecule has 1 aliphatic rings. The molecule has 122 valence electrons. The van der Waals surface area contributed by atoms with E-state index in [-0.39, 0.29) is 23.7 Å². The fourth-order valence-corrected chi connectivity index (χ4v) is 2.73. The molecule has 3 rings (SSSR count). The van der Waals surface area contributed by atoms with E-state index in [9.17, 15) is 18.7 Å². The number of halogens is 2. The maximum atomic E-state index is 13.7. The van der Waals surface area contributed by atoms with Gasteiger partial charge >= 0.3 is 0 Å². The highest BCUT2D eigenvalue weighted by atomic mass is 19.1. The smallest absolute Gasteiger partial charge is 0.254 e. The molecule has 0 atom stereocenters. The first-order valence-corrected chi connectivity index (χ1v) is 7.52. The zero-order chi connectivity index (χ0) is 16.4. The number of benzene rings is 1. The number of aliphatic hydroxyl groups is 1. The Bertz CT molecular complexity index is 709. The largest absolute Gasteiger partial charge is 0.393 e. The van der Waals surface area contributed by atoms with Gasteiger partial charge in [0.25, 0.3) is 5.91 Å². The summed E-state index contributed by atoms with van der Waals surface area (Å²) in [4.78, 5) is 12.2. The maximum absolute atomic E-state index is 13.7. The van der Waals surface area contributed by atoms with Crippen molar-refractivity contribution in [3.63, 3.8) is 0 Å². The van der Waals surface area contributed by atoms with Gasteiger partial charge in [0.1, 0.15) is 11.5 Å². The van der Waals surface area contributed by atoms with Gasteiger partial charge in [0.05, 0.1) is 17.9 Å². The first-order valence-electron chi connectivity index (χ1n) is 7.52. The van der Waals surface area contributed by atoms with E-state index in [0.717, 1.165) is 25.0 Å². The molecule has 1 fully saturated rings. The van der Waals surface area contributed by atoms with E-state index in [2.05, 4.69) is 10.4 Å². The number of rotatable bonds is 3. The number of nitrogens with one attached hydrogen (secondary N) is 1. The quantitative estimate of drug-likeness (QED) is 0.910. The lowest BCUT2D eigenvalue weighted by Gasteiger charge is -2.25. The highest BCUT2D eigenvalue weighted by Gasteiger charge is 2.22. The van der Waals surface area contributed by atoms with Gasteiger partial charge in [-0.15, -0.1) is 0 Å². The van der Waals surface area contributed by atoms with Gasteiger partial charge in [0, 0.05) is 18.3 Å². The van der Waals surface area contributed by atoms with E-state index in [1.165, 1.54) is 23.1 Å². The highest BCUT2D eigenvalue weighted by molar-refractivity contribution is 5.94. The number of carbonyl (C=O) groups excluding carboxylic acids is 1. The molecule has 2 N–H and O–H groups in total. The number of aliphatic hydroxyl groups excluding tert-OH is 1. The summed E-state index contributed by atoms with van der Waals surface area (Å²) in [6.45, 7) is 0. The van der Waals surface area contributed by atoms with Crippen molar-refractivity contribution in [1.29, 1.82) is 0 Å². The van der Waals surface area contributed by atoms with Crippen LogP contribution in [0, 0.1) is 11.6 Å². The lowest BCUT2D eigenvalue weighted by molar-refractivity contribution is 0.0867. The minimum Gasteiger partial charge on any atom is -0.393 e. The van der Waals surface area contributed by atoms with Crippen LogP contribution in [0.4, 0.5) is 8.78 Å². The van der Waals surface area contributed by atoms with Crippen LogP contribution in [0.25, 0.3) is 5.69 Å². The predicted molar refractivity (Wildman–Crippen MR) is 79.2 cm³/mol. The molecule has 0 bridgehead atoms. The van der Waals surface area contributed by atoms with E-state index in [0.29, 0.717) is 18.4 Å². The van der Waals surface area contributed by atoms with Gasteiger partial charge < -0.3 is 10.4 Å². The standard InChI is InChI=1S/C16H17F2N3O2/c17-11-1-6-15(14(18)7-11)21-9-10(8-19-21)16(23)20-12-2-4-13(22)5-3-12/h1,6-9,12-13,22H,2-5H2,(H,20,23). The van der Waals surface area contributed by atoms with Gasteiger partial charge in [0.2, 0.25) is 0 Å². The fourth-order valence-electron chi connectivity index (χ4n) is 2.73. The van der Waals surface area contributed by atoms with Gasteiger partial charge in [-0.05, 0) is 37.8 Å². The van der Waals surface area contributed by atoms with Crippen LogP contribution in [0.5, 0.6) is 0 Å². The average molecular weight is 321 g/mol. The van der Waals surface area contributed by atoms with Gasteiger partial charge in [-0.3, -0.25) is 4.79 Å². The molecular formula is C16H17F2N3O2. The molecule has 1 aliphatic carbocycles. The first-order chi connectivity index (χ1) is 11.0. The number of hydrogen-bond donors (Lipinski definition) is 2. The number of hydrogen-bond acceptors (Lipinski definition) is 3. The second-order valence-corrected chi connectivity index (χ2v) is 5.75. The first kappa shape index (κ1) is 15.6. The van der Waals surface area contributed by atoms with Gasteiger partial charge in [0.15, 0.2) is 5.82 Å². The number of aromatic nitrogens is 2. The highest BCUT2D eigenvalue weighted by Crippen LogP contribution is 2.19. The average Bonchev–Trinajstić information content (AvgIpc) is 2.99. The van der Waals surface area contributed by atoms with Crippen LogP contribution in [0.2, 0.25) is 0 Å². The Hall–Kier alpha value is -2.28. The molecule has 0 spiro atoms. The Morgan fingerprint density at radius 2 is 2.00 bits per heavy atom. The molecule has 1 amide bonds. The molecule has 1 heterocycles. The van der Waals surface area contributed by atoms with E-state index >= 15 is 0 Å². The summed E-state index contributed by atoms with van der Waals surface area (Å²) in [6.07, 6.45) is 5.27. The second-order valence-electron chi connectivity index (χ2n) is 5.75. The Kier molecular flexibility index (Phi) is 4.38. The Labute approximate surface area is 131 Å². The molecule has 1 aromatic carbocycles. The minimum absolute atomic E-state index is 0.0248. The van der Waals surface area contributed by atoms with Crippen molar-refractivity contribution in [2.24, 2.45) is 0 Å². The number of amides is 1. The van der Waals surface area contributed by atoms with E-state index in [4.69, 9.17) is 0 Å². The zero-order valence-electron chi connectivity index (χ0n) is 12.4. The lowest BCUT2D eigenvalue weighted by atomic mass is 9.93. The third-order valence-electron chi connectivity index (χ3n) is 4.03. The lowest BCUT2D eigenvalue weighted by Crippen LogP contribution is -2.38. The SMILES string of the molecule is O=C(NC1CCC(O)CC1)c1cnn(-c2ccc(F)cc2F)c1. The van der Waals surface area contributed by atoms with Crippen LogP contribution in [0.15, 0.2) is 30.6 Å². The van der Waals surface area contributed by atoms with Crippen molar-refractivity contribution in [2.45, 2.75) is 37.8 Å². The van der Waals surface area contributed by atoms with Crippen molar-refractivity contribution < 1.29 is 18.7 Å².